The Balaban J connectivity index is 1.59. The van der Waals surface area contributed by atoms with E-state index in [0.717, 1.165) is 45.7 Å². The second-order valence-electron chi connectivity index (χ2n) is 5.33. The third-order valence-corrected chi connectivity index (χ3v) is 3.64. The van der Waals surface area contributed by atoms with Gasteiger partial charge in [0.2, 0.25) is 0 Å². The lowest BCUT2D eigenvalue weighted by Crippen LogP contribution is -2.34. The van der Waals surface area contributed by atoms with Crippen LogP contribution in [-0.2, 0) is 18.9 Å². The smallest absolute Gasteiger partial charge is 0.157 e. The second kappa shape index (κ2) is 8.00. The Bertz CT molecular complexity index is 263. The highest BCUT2D eigenvalue weighted by Gasteiger charge is 2.24. The van der Waals surface area contributed by atoms with Crippen molar-refractivity contribution in [1.29, 1.82) is 0 Å². The summed E-state index contributed by atoms with van der Waals surface area (Å²) < 4.78 is 22.7. The van der Waals surface area contributed by atoms with Crippen LogP contribution in [0.5, 0.6) is 0 Å². The van der Waals surface area contributed by atoms with E-state index in [9.17, 15) is 0 Å². The largest absolute Gasteiger partial charge is 0.352 e. The Hall–Kier alpha value is -0.420. The minimum atomic E-state index is -0.0506. The van der Waals surface area contributed by atoms with Crippen molar-refractivity contribution in [3.05, 3.63) is 12.2 Å². The van der Waals surface area contributed by atoms with Crippen molar-refractivity contribution in [3.8, 4) is 0 Å². The molecule has 0 aromatic carbocycles. The highest BCUT2D eigenvalue weighted by molar-refractivity contribution is 4.86. The molecule has 4 nitrogen and oxygen atoms in total. The van der Waals surface area contributed by atoms with Gasteiger partial charge in [0, 0.05) is 11.8 Å². The van der Waals surface area contributed by atoms with Crippen LogP contribution in [0.3, 0.4) is 0 Å². The first-order chi connectivity index (χ1) is 9.31. The zero-order valence-electron chi connectivity index (χ0n) is 12.0. The van der Waals surface area contributed by atoms with Crippen LogP contribution < -0.4 is 0 Å². The molecule has 0 aromatic rings. The van der Waals surface area contributed by atoms with E-state index in [2.05, 4.69) is 19.1 Å². The van der Waals surface area contributed by atoms with Crippen molar-refractivity contribution in [2.24, 2.45) is 11.8 Å². The van der Waals surface area contributed by atoms with Gasteiger partial charge in [-0.15, -0.1) is 0 Å². The lowest BCUT2D eigenvalue weighted by Gasteiger charge is -2.31. The van der Waals surface area contributed by atoms with Crippen LogP contribution >= 0.6 is 0 Å². The van der Waals surface area contributed by atoms with E-state index >= 15 is 0 Å². The summed E-state index contributed by atoms with van der Waals surface area (Å²) in [4.78, 5) is 0. The van der Waals surface area contributed by atoms with E-state index in [1.165, 1.54) is 0 Å². The zero-order chi connectivity index (χ0) is 13.5. The predicted octanol–water partition coefficient (Wildman–Crippen LogP) is 2.73. The predicted molar refractivity (Wildman–Crippen MR) is 72.7 cm³/mol. The Morgan fingerprint density at radius 2 is 1.53 bits per heavy atom. The summed E-state index contributed by atoms with van der Waals surface area (Å²) in [7, 11) is 0. The second-order valence-corrected chi connectivity index (χ2v) is 5.33. The molecule has 0 N–H and O–H groups in total. The van der Waals surface area contributed by atoms with Crippen molar-refractivity contribution < 1.29 is 18.9 Å². The Labute approximate surface area is 116 Å². The molecule has 4 heteroatoms. The summed E-state index contributed by atoms with van der Waals surface area (Å²) in [6.45, 7) is 7.24. The van der Waals surface area contributed by atoms with E-state index in [0.29, 0.717) is 11.8 Å². The van der Waals surface area contributed by atoms with Crippen LogP contribution in [0.4, 0.5) is 0 Å². The van der Waals surface area contributed by atoms with Crippen LogP contribution in [0, 0.1) is 11.8 Å². The maximum atomic E-state index is 5.72. The topological polar surface area (TPSA) is 36.9 Å². The molecular weight excluding hydrogens is 244 g/mol. The molecule has 0 saturated carbocycles. The molecule has 19 heavy (non-hydrogen) atoms. The van der Waals surface area contributed by atoms with Gasteiger partial charge in [-0.25, -0.2) is 0 Å². The summed E-state index contributed by atoms with van der Waals surface area (Å²) >= 11 is 0. The number of rotatable bonds is 5. The zero-order valence-corrected chi connectivity index (χ0v) is 12.0. The first-order valence-electron chi connectivity index (χ1n) is 7.41. The van der Waals surface area contributed by atoms with Crippen molar-refractivity contribution in [3.63, 3.8) is 0 Å². The summed E-state index contributed by atoms with van der Waals surface area (Å²) in [6.07, 6.45) is 7.04. The Morgan fingerprint density at radius 3 is 2.11 bits per heavy atom. The summed E-state index contributed by atoms with van der Waals surface area (Å²) in [5.74, 6) is 0.885. The third kappa shape index (κ3) is 4.88. The lowest BCUT2D eigenvalue weighted by atomic mass is 10.0. The van der Waals surface area contributed by atoms with Crippen molar-refractivity contribution in [2.45, 2.75) is 45.7 Å². The molecule has 0 bridgehead atoms. The van der Waals surface area contributed by atoms with Crippen molar-refractivity contribution in [2.75, 3.05) is 26.4 Å². The molecule has 2 aliphatic rings. The molecule has 2 heterocycles. The molecule has 0 spiro atoms. The van der Waals surface area contributed by atoms with E-state index in [1.54, 1.807) is 0 Å². The molecule has 0 unspecified atom stereocenters. The maximum Gasteiger partial charge on any atom is 0.157 e. The summed E-state index contributed by atoms with van der Waals surface area (Å²) in [5, 5.41) is 0. The van der Waals surface area contributed by atoms with Gasteiger partial charge in [-0.1, -0.05) is 19.1 Å². The molecule has 0 atom stereocenters. The lowest BCUT2D eigenvalue weighted by molar-refractivity contribution is -0.214. The Morgan fingerprint density at radius 1 is 0.895 bits per heavy atom. The Kier molecular flexibility index (Phi) is 6.31. The van der Waals surface area contributed by atoms with Gasteiger partial charge >= 0.3 is 0 Å². The van der Waals surface area contributed by atoms with Crippen LogP contribution in [0.25, 0.3) is 0 Å². The van der Waals surface area contributed by atoms with Gasteiger partial charge in [0.15, 0.2) is 12.6 Å². The average Bonchev–Trinajstić information content (AvgIpc) is 2.47. The van der Waals surface area contributed by atoms with Gasteiger partial charge in [0.05, 0.1) is 26.4 Å². The third-order valence-electron chi connectivity index (χ3n) is 3.64. The number of ether oxygens (including phenoxy) is 4. The molecular formula is C15H26O4. The fraction of sp³-hybridized carbons (Fsp3) is 0.867. The van der Waals surface area contributed by atoms with Crippen LogP contribution in [0.1, 0.15) is 33.1 Å². The standard InChI is InChI=1S/C15H26O4/c1-3-5-12-8-18-15(19-9-12)7-6-13-10-16-14(4-2)17-11-13/h3,5,12-15H,4,6-11H2,1-2H3. The van der Waals surface area contributed by atoms with Crippen molar-refractivity contribution in [1.82, 2.24) is 0 Å². The summed E-state index contributed by atoms with van der Waals surface area (Å²) in [6, 6.07) is 0. The molecule has 2 rings (SSSR count). The van der Waals surface area contributed by atoms with E-state index < -0.39 is 0 Å². The molecule has 0 radical (unpaired) electrons. The number of allylic oxidation sites excluding steroid dienone is 1. The monoisotopic (exact) mass is 270 g/mol. The van der Waals surface area contributed by atoms with Gasteiger partial charge in [-0.2, -0.15) is 0 Å². The van der Waals surface area contributed by atoms with Crippen LogP contribution in [-0.4, -0.2) is 39.0 Å². The molecule has 0 aliphatic carbocycles. The van der Waals surface area contributed by atoms with Gasteiger partial charge in [0.25, 0.3) is 0 Å². The SMILES string of the molecule is CC=CC1COC(CCC2COC(CC)OC2)OC1. The molecule has 2 fully saturated rings. The minimum absolute atomic E-state index is 0.0000183. The van der Waals surface area contributed by atoms with Gasteiger partial charge in [0.1, 0.15) is 0 Å². The van der Waals surface area contributed by atoms with Crippen LogP contribution in [0.2, 0.25) is 0 Å². The molecule has 110 valence electrons. The van der Waals surface area contributed by atoms with Gasteiger partial charge in [-0.3, -0.25) is 0 Å². The average molecular weight is 270 g/mol. The molecule has 0 amide bonds. The first-order valence-corrected chi connectivity index (χ1v) is 7.41. The fourth-order valence-electron chi connectivity index (χ4n) is 2.47. The first kappa shape index (κ1) is 15.0. The molecule has 2 saturated heterocycles. The number of hydrogen-bond donors (Lipinski definition) is 0. The van der Waals surface area contributed by atoms with Crippen LogP contribution in [0.15, 0.2) is 12.2 Å². The summed E-state index contributed by atoms with van der Waals surface area (Å²) in [5.41, 5.74) is 0. The normalized spacial score (nSPS) is 36.7. The fourth-order valence-corrected chi connectivity index (χ4v) is 2.47. The highest BCUT2D eigenvalue weighted by atomic mass is 16.7. The highest BCUT2D eigenvalue weighted by Crippen LogP contribution is 2.22. The maximum absolute atomic E-state index is 5.72. The number of hydrogen-bond acceptors (Lipinski definition) is 4. The van der Waals surface area contributed by atoms with Gasteiger partial charge < -0.3 is 18.9 Å². The van der Waals surface area contributed by atoms with Crippen molar-refractivity contribution >= 4 is 0 Å². The molecule has 2 aliphatic heterocycles. The quantitative estimate of drug-likeness (QED) is 0.720. The van der Waals surface area contributed by atoms with E-state index in [-0.39, 0.29) is 12.6 Å². The molecule has 0 aromatic heterocycles. The van der Waals surface area contributed by atoms with E-state index in [4.69, 9.17) is 18.9 Å². The minimum Gasteiger partial charge on any atom is -0.352 e. The van der Waals surface area contributed by atoms with E-state index in [1.807, 2.05) is 6.92 Å². The van der Waals surface area contributed by atoms with Gasteiger partial charge in [-0.05, 0) is 26.2 Å².